The maximum Gasteiger partial charge on any atom is 0.219 e. The van der Waals surface area contributed by atoms with E-state index in [1.807, 2.05) is 0 Å². The van der Waals surface area contributed by atoms with Crippen LogP contribution < -0.4 is 0 Å². The van der Waals surface area contributed by atoms with Gasteiger partial charge >= 0.3 is 0 Å². The normalized spacial score (nSPS) is 25.9. The summed E-state index contributed by atoms with van der Waals surface area (Å²) in [6.45, 7) is 2.32. The van der Waals surface area contributed by atoms with Crippen LogP contribution in [0.25, 0.3) is 0 Å². The molecule has 0 spiro atoms. The van der Waals surface area contributed by atoms with E-state index < -0.39 is 0 Å². The minimum atomic E-state index is 0.494. The van der Waals surface area contributed by atoms with Gasteiger partial charge in [0.25, 0.3) is 0 Å². The molecule has 1 fully saturated rings. The van der Waals surface area contributed by atoms with Gasteiger partial charge in [-0.3, -0.25) is 0 Å². The first-order valence-corrected chi connectivity index (χ1v) is 6.71. The molecule has 0 aliphatic heterocycles. The maximum absolute atomic E-state index is 5.68. The van der Waals surface area contributed by atoms with Crippen LogP contribution in [-0.2, 0) is 6.42 Å². The number of halogens is 1. The number of nitrogens with zero attached hydrogens (tertiary/aromatic N) is 2. The summed E-state index contributed by atoms with van der Waals surface area (Å²) in [6, 6.07) is 0. The van der Waals surface area contributed by atoms with Gasteiger partial charge in [0.1, 0.15) is 0 Å². The number of hydrogen-bond acceptors (Lipinski definition) is 3. The van der Waals surface area contributed by atoms with Gasteiger partial charge in [-0.2, -0.15) is 0 Å². The highest BCUT2D eigenvalue weighted by Crippen LogP contribution is 2.34. The van der Waals surface area contributed by atoms with Crippen LogP contribution in [0.3, 0.4) is 0 Å². The van der Waals surface area contributed by atoms with Gasteiger partial charge in [-0.05, 0) is 38.0 Å². The van der Waals surface area contributed by atoms with Crippen LogP contribution in [0, 0.1) is 5.92 Å². The zero-order valence-corrected chi connectivity index (χ0v) is 10.5. The van der Waals surface area contributed by atoms with Gasteiger partial charge in [0.05, 0.1) is 0 Å². The van der Waals surface area contributed by atoms with E-state index in [1.54, 1.807) is 0 Å². The van der Waals surface area contributed by atoms with E-state index in [1.165, 1.54) is 25.7 Å². The van der Waals surface area contributed by atoms with Crippen LogP contribution >= 0.6 is 11.6 Å². The quantitative estimate of drug-likeness (QED) is 0.759. The highest BCUT2D eigenvalue weighted by atomic mass is 35.5. The molecule has 0 bridgehead atoms. The number of aromatic nitrogens is 2. The van der Waals surface area contributed by atoms with Crippen molar-refractivity contribution < 1.29 is 4.42 Å². The van der Waals surface area contributed by atoms with Gasteiger partial charge < -0.3 is 4.42 Å². The lowest BCUT2D eigenvalue weighted by Crippen LogP contribution is -2.11. The zero-order chi connectivity index (χ0) is 11.4. The highest BCUT2D eigenvalue weighted by molar-refractivity contribution is 6.17. The first-order chi connectivity index (χ1) is 7.79. The average Bonchev–Trinajstić information content (AvgIpc) is 2.76. The molecule has 1 saturated carbocycles. The van der Waals surface area contributed by atoms with Crippen LogP contribution in [0.1, 0.15) is 56.7 Å². The summed E-state index contributed by atoms with van der Waals surface area (Å²) in [6.07, 6.45) is 6.66. The van der Waals surface area contributed by atoms with Crippen molar-refractivity contribution in [3.63, 3.8) is 0 Å². The molecule has 2 rings (SSSR count). The van der Waals surface area contributed by atoms with Crippen molar-refractivity contribution in [3.8, 4) is 0 Å². The van der Waals surface area contributed by atoms with Crippen LogP contribution in [0.5, 0.6) is 0 Å². The van der Waals surface area contributed by atoms with Crippen molar-refractivity contribution in [2.45, 2.75) is 51.4 Å². The van der Waals surface area contributed by atoms with E-state index in [0.29, 0.717) is 11.8 Å². The molecule has 0 aromatic carbocycles. The number of rotatable bonds is 4. The van der Waals surface area contributed by atoms with Gasteiger partial charge in [0, 0.05) is 18.2 Å². The summed E-state index contributed by atoms with van der Waals surface area (Å²) in [5.74, 6) is 3.59. The maximum atomic E-state index is 5.68. The molecule has 0 amide bonds. The third kappa shape index (κ3) is 2.97. The van der Waals surface area contributed by atoms with Gasteiger partial charge in [-0.25, -0.2) is 0 Å². The van der Waals surface area contributed by atoms with Crippen molar-refractivity contribution in [1.29, 1.82) is 0 Å². The lowest BCUT2D eigenvalue weighted by atomic mass is 9.83. The summed E-state index contributed by atoms with van der Waals surface area (Å²) >= 11 is 5.63. The molecule has 1 heterocycles. The summed E-state index contributed by atoms with van der Waals surface area (Å²) in [4.78, 5) is 0. The lowest BCUT2D eigenvalue weighted by molar-refractivity contribution is 0.302. The molecule has 3 nitrogen and oxygen atoms in total. The SMILES string of the molecule is CC1CCC(c2nnc(CCCCl)o2)CC1. The monoisotopic (exact) mass is 242 g/mol. The number of alkyl halides is 1. The van der Waals surface area contributed by atoms with Crippen molar-refractivity contribution in [3.05, 3.63) is 11.8 Å². The molecule has 1 aliphatic carbocycles. The molecule has 16 heavy (non-hydrogen) atoms. The first kappa shape index (κ1) is 11.9. The first-order valence-electron chi connectivity index (χ1n) is 6.18. The number of aryl methyl sites for hydroxylation is 1. The Labute approximate surface area is 102 Å². The van der Waals surface area contributed by atoms with E-state index in [4.69, 9.17) is 16.0 Å². The molecule has 0 saturated heterocycles. The fraction of sp³-hybridized carbons (Fsp3) is 0.833. The van der Waals surface area contributed by atoms with Crippen LogP contribution in [0.4, 0.5) is 0 Å². The topological polar surface area (TPSA) is 38.9 Å². The van der Waals surface area contributed by atoms with Crippen molar-refractivity contribution in [2.75, 3.05) is 5.88 Å². The zero-order valence-electron chi connectivity index (χ0n) is 9.79. The Kier molecular flexibility index (Phi) is 4.22. The standard InChI is InChI=1S/C12H19ClN2O/c1-9-4-6-10(7-5-9)12-15-14-11(16-12)3-2-8-13/h9-10H,2-8H2,1H3. The van der Waals surface area contributed by atoms with E-state index in [2.05, 4.69) is 17.1 Å². The minimum Gasteiger partial charge on any atom is -0.425 e. The Morgan fingerprint density at radius 2 is 2.00 bits per heavy atom. The van der Waals surface area contributed by atoms with Crippen LogP contribution in [0.15, 0.2) is 4.42 Å². The predicted molar refractivity (Wildman–Crippen MR) is 63.7 cm³/mol. The van der Waals surface area contributed by atoms with Crippen molar-refractivity contribution >= 4 is 11.6 Å². The van der Waals surface area contributed by atoms with Crippen molar-refractivity contribution in [1.82, 2.24) is 10.2 Å². The third-order valence-corrected chi connectivity index (χ3v) is 3.64. The second-order valence-corrected chi connectivity index (χ2v) is 5.16. The Morgan fingerprint density at radius 3 is 2.69 bits per heavy atom. The van der Waals surface area contributed by atoms with Crippen LogP contribution in [0.2, 0.25) is 0 Å². The van der Waals surface area contributed by atoms with Crippen LogP contribution in [-0.4, -0.2) is 16.1 Å². The van der Waals surface area contributed by atoms with Gasteiger partial charge in [0.2, 0.25) is 11.8 Å². The molecule has 1 aromatic heterocycles. The minimum absolute atomic E-state index is 0.494. The Bertz CT molecular complexity index is 319. The van der Waals surface area contributed by atoms with E-state index in [9.17, 15) is 0 Å². The number of hydrogen-bond donors (Lipinski definition) is 0. The molecule has 1 aliphatic rings. The predicted octanol–water partition coefficient (Wildman–Crippen LogP) is 3.53. The Balaban J connectivity index is 1.91. The van der Waals surface area contributed by atoms with E-state index in [-0.39, 0.29) is 0 Å². The van der Waals surface area contributed by atoms with Gasteiger partial charge in [-0.1, -0.05) is 6.92 Å². The van der Waals surface area contributed by atoms with Gasteiger partial charge in [0.15, 0.2) is 0 Å². The molecule has 4 heteroatoms. The molecule has 0 N–H and O–H groups in total. The summed E-state index contributed by atoms with van der Waals surface area (Å²) in [5, 5.41) is 8.23. The Hall–Kier alpha value is -0.570. The average molecular weight is 243 g/mol. The second kappa shape index (κ2) is 5.67. The fourth-order valence-corrected chi connectivity index (χ4v) is 2.39. The summed E-state index contributed by atoms with van der Waals surface area (Å²) in [5.41, 5.74) is 0. The lowest BCUT2D eigenvalue weighted by Gasteiger charge is -2.23. The molecule has 0 radical (unpaired) electrons. The second-order valence-electron chi connectivity index (χ2n) is 4.78. The molecule has 1 aromatic rings. The molecule has 90 valence electrons. The smallest absolute Gasteiger partial charge is 0.219 e. The molecular weight excluding hydrogens is 224 g/mol. The van der Waals surface area contributed by atoms with E-state index >= 15 is 0 Å². The highest BCUT2D eigenvalue weighted by Gasteiger charge is 2.24. The fourth-order valence-electron chi connectivity index (χ4n) is 2.26. The third-order valence-electron chi connectivity index (χ3n) is 3.37. The van der Waals surface area contributed by atoms with Gasteiger partial charge in [-0.15, -0.1) is 21.8 Å². The molecule has 0 atom stereocenters. The largest absolute Gasteiger partial charge is 0.425 e. The summed E-state index contributed by atoms with van der Waals surface area (Å²) < 4.78 is 5.68. The van der Waals surface area contributed by atoms with E-state index in [0.717, 1.165) is 30.5 Å². The Morgan fingerprint density at radius 1 is 1.25 bits per heavy atom. The molecule has 0 unspecified atom stereocenters. The van der Waals surface area contributed by atoms with Crippen molar-refractivity contribution in [2.24, 2.45) is 5.92 Å². The molecular formula is C12H19ClN2O. The summed E-state index contributed by atoms with van der Waals surface area (Å²) in [7, 11) is 0.